The smallest absolute Gasteiger partial charge is 0.154 e. The van der Waals surface area contributed by atoms with E-state index in [0.717, 1.165) is 37.1 Å². The highest BCUT2D eigenvalue weighted by atomic mass is 35.5. The Hall–Kier alpha value is -2.61. The molecule has 0 saturated carbocycles. The van der Waals surface area contributed by atoms with E-state index in [9.17, 15) is 0 Å². The van der Waals surface area contributed by atoms with E-state index in [2.05, 4.69) is 15.3 Å². The number of anilines is 1. The first-order valence-electron chi connectivity index (χ1n) is 9.27. The second-order valence-corrected chi connectivity index (χ2v) is 8.92. The number of ether oxygens (including phenoxy) is 1. The van der Waals surface area contributed by atoms with Crippen LogP contribution in [0, 0.1) is 6.92 Å². The van der Waals surface area contributed by atoms with Gasteiger partial charge in [0, 0.05) is 45.0 Å². The predicted molar refractivity (Wildman–Crippen MR) is 125 cm³/mol. The number of nitrogens with zero attached hydrogens (tertiary/aromatic N) is 3. The summed E-state index contributed by atoms with van der Waals surface area (Å²) >= 11 is 9.55. The number of nitrogens with one attached hydrogen (secondary N) is 1. The zero-order chi connectivity index (χ0) is 20.9. The molecule has 3 aromatic heterocycles. The average molecular weight is 455 g/mol. The van der Waals surface area contributed by atoms with Crippen LogP contribution in [-0.4, -0.2) is 15.0 Å². The lowest BCUT2D eigenvalue weighted by Gasteiger charge is -2.14. The first kappa shape index (κ1) is 20.7. The molecule has 152 valence electrons. The van der Waals surface area contributed by atoms with E-state index in [1.807, 2.05) is 61.8 Å². The van der Waals surface area contributed by atoms with Crippen molar-refractivity contribution in [1.29, 1.82) is 0 Å². The van der Waals surface area contributed by atoms with Gasteiger partial charge in [-0.2, -0.15) is 0 Å². The SMILES string of the molecule is C/C=C\Nc1cc(C)nc2c(OCc3c(Sc4nccs4)ccnc3Cl)cccc12. The zero-order valence-electron chi connectivity index (χ0n) is 16.4. The van der Waals surface area contributed by atoms with E-state index < -0.39 is 0 Å². The number of thiazole rings is 1. The quantitative estimate of drug-likeness (QED) is 0.312. The molecular formula is C22H19ClN4OS2. The zero-order valence-corrected chi connectivity index (χ0v) is 18.8. The minimum atomic E-state index is 0.284. The Bertz CT molecular complexity index is 1200. The van der Waals surface area contributed by atoms with Crippen LogP contribution in [0.5, 0.6) is 5.75 Å². The van der Waals surface area contributed by atoms with Crippen molar-refractivity contribution in [3.8, 4) is 5.75 Å². The van der Waals surface area contributed by atoms with E-state index in [1.165, 1.54) is 0 Å². The molecule has 5 nitrogen and oxygen atoms in total. The molecule has 4 rings (SSSR count). The van der Waals surface area contributed by atoms with Crippen LogP contribution < -0.4 is 10.1 Å². The van der Waals surface area contributed by atoms with Crippen molar-refractivity contribution in [1.82, 2.24) is 15.0 Å². The van der Waals surface area contributed by atoms with Gasteiger partial charge in [-0.25, -0.2) is 15.0 Å². The highest BCUT2D eigenvalue weighted by Crippen LogP contribution is 2.36. The predicted octanol–water partition coefficient (Wildman–Crippen LogP) is 6.72. The van der Waals surface area contributed by atoms with Crippen molar-refractivity contribution in [2.45, 2.75) is 29.7 Å². The number of benzene rings is 1. The molecule has 8 heteroatoms. The van der Waals surface area contributed by atoms with Crippen LogP contribution in [0.15, 0.2) is 69.6 Å². The van der Waals surface area contributed by atoms with Crippen molar-refractivity contribution >= 4 is 51.3 Å². The van der Waals surface area contributed by atoms with Gasteiger partial charge >= 0.3 is 0 Å². The van der Waals surface area contributed by atoms with E-state index in [1.54, 1.807) is 35.5 Å². The Balaban J connectivity index is 1.65. The fraction of sp³-hybridized carbons (Fsp3) is 0.136. The van der Waals surface area contributed by atoms with Crippen LogP contribution in [0.4, 0.5) is 5.69 Å². The summed E-state index contributed by atoms with van der Waals surface area (Å²) in [5.74, 6) is 0.699. The van der Waals surface area contributed by atoms with Gasteiger partial charge in [0.15, 0.2) is 4.34 Å². The van der Waals surface area contributed by atoms with Crippen LogP contribution in [0.2, 0.25) is 5.15 Å². The second kappa shape index (κ2) is 9.47. The van der Waals surface area contributed by atoms with Crippen LogP contribution in [0.1, 0.15) is 18.2 Å². The summed E-state index contributed by atoms with van der Waals surface area (Å²) in [4.78, 5) is 14.3. The molecule has 0 unspecified atom stereocenters. The number of hydrogen-bond acceptors (Lipinski definition) is 7. The van der Waals surface area contributed by atoms with Crippen molar-refractivity contribution in [2.24, 2.45) is 0 Å². The van der Waals surface area contributed by atoms with Crippen LogP contribution in [-0.2, 0) is 6.61 Å². The summed E-state index contributed by atoms with van der Waals surface area (Å²) in [7, 11) is 0. The summed E-state index contributed by atoms with van der Waals surface area (Å²) in [6.45, 7) is 4.22. The minimum absolute atomic E-state index is 0.284. The van der Waals surface area contributed by atoms with Crippen LogP contribution >= 0.6 is 34.7 Å². The molecule has 1 N–H and O–H groups in total. The maximum absolute atomic E-state index is 6.41. The Morgan fingerprint density at radius 2 is 2.13 bits per heavy atom. The monoisotopic (exact) mass is 454 g/mol. The number of aryl methyl sites for hydroxylation is 1. The number of aromatic nitrogens is 3. The first-order valence-corrected chi connectivity index (χ1v) is 11.3. The molecule has 1 aromatic carbocycles. The molecule has 0 amide bonds. The molecule has 0 bridgehead atoms. The molecular weight excluding hydrogens is 436 g/mol. The summed E-state index contributed by atoms with van der Waals surface area (Å²) < 4.78 is 7.14. The number of halogens is 1. The van der Waals surface area contributed by atoms with Gasteiger partial charge in [-0.3, -0.25) is 0 Å². The molecule has 0 aliphatic rings. The molecule has 0 aliphatic carbocycles. The van der Waals surface area contributed by atoms with Gasteiger partial charge in [0.25, 0.3) is 0 Å². The topological polar surface area (TPSA) is 59.9 Å². The summed E-state index contributed by atoms with van der Waals surface area (Å²) in [5, 5.41) is 6.67. The molecule has 3 heterocycles. The third kappa shape index (κ3) is 4.59. The molecule has 0 radical (unpaired) electrons. The number of fused-ring (bicyclic) bond motifs is 1. The normalized spacial score (nSPS) is 11.3. The largest absolute Gasteiger partial charge is 0.486 e. The van der Waals surface area contributed by atoms with Gasteiger partial charge in [-0.1, -0.05) is 41.6 Å². The van der Waals surface area contributed by atoms with Crippen LogP contribution in [0.25, 0.3) is 10.9 Å². The standard InChI is InChI=1S/C22H19ClN4OS2/c1-3-8-24-17-12-14(2)27-20-15(17)5-4-6-18(20)28-13-16-19(7-9-25-21(16)23)30-22-26-10-11-29-22/h3-12H,13H2,1-2H3,(H,24,27)/b8-3-. The Morgan fingerprint density at radius 3 is 2.93 bits per heavy atom. The second-order valence-electron chi connectivity index (χ2n) is 6.38. The summed E-state index contributed by atoms with van der Waals surface area (Å²) in [5.41, 5.74) is 3.53. The summed E-state index contributed by atoms with van der Waals surface area (Å²) in [6.07, 6.45) is 7.34. The Morgan fingerprint density at radius 1 is 1.23 bits per heavy atom. The number of para-hydroxylation sites is 1. The van der Waals surface area contributed by atoms with Gasteiger partial charge in [0.05, 0.1) is 0 Å². The third-order valence-corrected chi connectivity index (χ3v) is 6.59. The number of allylic oxidation sites excluding steroid dienone is 1. The molecule has 0 spiro atoms. The minimum Gasteiger partial charge on any atom is -0.486 e. The molecule has 4 aromatic rings. The molecule has 0 aliphatic heterocycles. The molecule has 30 heavy (non-hydrogen) atoms. The number of hydrogen-bond donors (Lipinski definition) is 1. The van der Waals surface area contributed by atoms with Gasteiger partial charge in [-0.05, 0) is 38.2 Å². The molecule has 0 atom stereocenters. The fourth-order valence-corrected chi connectivity index (χ4v) is 4.91. The van der Waals surface area contributed by atoms with Crippen molar-refractivity contribution in [2.75, 3.05) is 5.32 Å². The lowest BCUT2D eigenvalue weighted by atomic mass is 10.1. The molecule has 0 fully saturated rings. The molecule has 0 saturated heterocycles. The maximum atomic E-state index is 6.41. The van der Waals surface area contributed by atoms with Gasteiger partial charge in [0.1, 0.15) is 23.0 Å². The van der Waals surface area contributed by atoms with E-state index in [-0.39, 0.29) is 6.61 Å². The number of pyridine rings is 2. The third-order valence-electron chi connectivity index (χ3n) is 4.28. The van der Waals surface area contributed by atoms with Gasteiger partial charge in [-0.15, -0.1) is 11.3 Å². The Kier molecular flexibility index (Phi) is 6.52. The van der Waals surface area contributed by atoms with Crippen LogP contribution in [0.3, 0.4) is 0 Å². The van der Waals surface area contributed by atoms with E-state index >= 15 is 0 Å². The highest BCUT2D eigenvalue weighted by Gasteiger charge is 2.14. The lowest BCUT2D eigenvalue weighted by molar-refractivity contribution is 0.306. The summed E-state index contributed by atoms with van der Waals surface area (Å²) in [6, 6.07) is 9.87. The van der Waals surface area contributed by atoms with E-state index in [4.69, 9.17) is 21.3 Å². The highest BCUT2D eigenvalue weighted by molar-refractivity contribution is 8.01. The van der Waals surface area contributed by atoms with Crippen molar-refractivity contribution in [3.05, 3.63) is 76.8 Å². The van der Waals surface area contributed by atoms with Crippen molar-refractivity contribution < 1.29 is 4.74 Å². The first-order chi connectivity index (χ1) is 14.7. The van der Waals surface area contributed by atoms with Crippen molar-refractivity contribution in [3.63, 3.8) is 0 Å². The Labute approximate surface area is 188 Å². The van der Waals surface area contributed by atoms with E-state index in [0.29, 0.717) is 10.9 Å². The fourth-order valence-electron chi connectivity index (χ4n) is 2.94. The maximum Gasteiger partial charge on any atom is 0.154 e. The van der Waals surface area contributed by atoms with Gasteiger partial charge < -0.3 is 10.1 Å². The average Bonchev–Trinajstić information content (AvgIpc) is 3.25. The van der Waals surface area contributed by atoms with Gasteiger partial charge in [0.2, 0.25) is 0 Å². The number of rotatable bonds is 7. The lowest BCUT2D eigenvalue weighted by Crippen LogP contribution is -2.02.